The van der Waals surface area contributed by atoms with Gasteiger partial charge in [-0.3, -0.25) is 0 Å². The van der Waals surface area contributed by atoms with E-state index >= 15 is 0 Å². The molecule has 18 heavy (non-hydrogen) atoms. The van der Waals surface area contributed by atoms with E-state index in [1.807, 2.05) is 0 Å². The number of halogens is 4. The largest absolute Gasteiger partial charge is 1.00 e. The third-order valence-electron chi connectivity index (χ3n) is 2.48. The van der Waals surface area contributed by atoms with Gasteiger partial charge in [-0.1, -0.05) is 40.0 Å². The summed E-state index contributed by atoms with van der Waals surface area (Å²) in [4.78, 5) is 0. The molecule has 0 aromatic carbocycles. The van der Waals surface area contributed by atoms with E-state index in [0.29, 0.717) is 7.92 Å². The van der Waals surface area contributed by atoms with Crippen molar-refractivity contribution in [3.8, 4) is 0 Å². The number of unbranched alkanes of at least 4 members (excludes halogenated alkanes) is 3. The Hall–Kier alpha value is 0.215. The molecule has 0 aliphatic rings. The van der Waals surface area contributed by atoms with Crippen molar-refractivity contribution in [1.29, 1.82) is 0 Å². The molecule has 0 nitrogen and oxygen atoms in total. The molecule has 6 heteroatoms. The van der Waals surface area contributed by atoms with E-state index in [-0.39, 0.29) is 1.43 Å². The smallest absolute Gasteiger partial charge is 0.418 e. The van der Waals surface area contributed by atoms with Gasteiger partial charge in [0, 0.05) is 0 Å². The first-order valence-electron chi connectivity index (χ1n) is 6.94. The molecule has 0 atom stereocenters. The second kappa shape index (κ2) is 13.6. The van der Waals surface area contributed by atoms with E-state index in [0.717, 1.165) is 0 Å². The van der Waals surface area contributed by atoms with Crippen LogP contribution in [0.4, 0.5) is 17.3 Å². The zero-order valence-electron chi connectivity index (χ0n) is 12.9. The second-order valence-corrected chi connectivity index (χ2v) is 7.08. The third-order valence-corrected chi connectivity index (χ3v) is 5.33. The van der Waals surface area contributed by atoms with Crippen LogP contribution in [0.1, 0.15) is 60.7 Å². The fraction of sp³-hybridized carbons (Fsp3) is 1.00. The minimum atomic E-state index is -6.00. The predicted molar refractivity (Wildman–Crippen MR) is 77.5 cm³/mol. The van der Waals surface area contributed by atoms with Crippen molar-refractivity contribution in [1.82, 2.24) is 0 Å². The zero-order chi connectivity index (χ0) is 14.4. The average Bonchev–Trinajstić information content (AvgIpc) is 2.26. The lowest BCUT2D eigenvalue weighted by Crippen LogP contribution is -2.02. The molecule has 0 N–H and O–H groups in total. The fourth-order valence-corrected chi connectivity index (χ4v) is 4.44. The summed E-state index contributed by atoms with van der Waals surface area (Å²) >= 11 is 0. The van der Waals surface area contributed by atoms with E-state index in [4.69, 9.17) is 0 Å². The molecule has 0 aliphatic heterocycles. The van der Waals surface area contributed by atoms with Crippen LogP contribution in [-0.4, -0.2) is 25.7 Å². The van der Waals surface area contributed by atoms with Crippen molar-refractivity contribution < 1.29 is 18.7 Å². The maximum atomic E-state index is 9.75. The van der Waals surface area contributed by atoms with Crippen molar-refractivity contribution >= 4 is 15.2 Å². The normalized spacial score (nSPS) is 11.3. The van der Waals surface area contributed by atoms with Gasteiger partial charge in [0.1, 0.15) is 0 Å². The number of hydrogen-bond acceptors (Lipinski definition) is 0. The Morgan fingerprint density at radius 3 is 1.11 bits per heavy atom. The molecule has 0 aliphatic carbocycles. The molecule has 0 amide bonds. The summed E-state index contributed by atoms with van der Waals surface area (Å²) in [6.45, 7) is 6.94. The van der Waals surface area contributed by atoms with Gasteiger partial charge in [0.2, 0.25) is 0 Å². The van der Waals surface area contributed by atoms with E-state index < -0.39 is 7.25 Å². The molecule has 0 rings (SSSR count). The Kier molecular flexibility index (Phi) is 15.6. The standard InChI is InChI=1S/C12H27P.BF4/c1-4-7-10-13(11-8-5-2)12-9-6-3;2-1(3,4)5/h4-12H2,1-3H3;/q;-1/p+1. The van der Waals surface area contributed by atoms with Gasteiger partial charge in [0.25, 0.3) is 0 Å². The number of rotatable bonds is 9. The zero-order valence-corrected chi connectivity index (χ0v) is 12.8. The summed E-state index contributed by atoms with van der Waals surface area (Å²) in [5.41, 5.74) is 0. The molecule has 0 fully saturated rings. The van der Waals surface area contributed by atoms with Gasteiger partial charge in [0.05, 0.1) is 0 Å². The van der Waals surface area contributed by atoms with Crippen LogP contribution in [0.15, 0.2) is 0 Å². The quantitative estimate of drug-likeness (QED) is 0.266. The molecule has 0 unspecified atom stereocenters. The highest BCUT2D eigenvalue weighted by atomic mass is 31.1. The van der Waals surface area contributed by atoms with Crippen LogP contribution in [0.5, 0.6) is 0 Å². The predicted octanol–water partition coefficient (Wildman–Crippen LogP) is 6.28. The highest BCUT2D eigenvalue weighted by Gasteiger charge is 2.20. The average molecular weight is 290 g/mol. The minimum Gasteiger partial charge on any atom is -0.418 e. The first-order valence-corrected chi connectivity index (χ1v) is 8.84. The SMILES string of the molecule is CCCCP(CCCC)CCCC.F[B-](F)(F)F.[H+]. The van der Waals surface area contributed by atoms with Crippen LogP contribution >= 0.6 is 7.92 Å². The number of hydrogen-bond donors (Lipinski definition) is 0. The van der Waals surface area contributed by atoms with Gasteiger partial charge in [-0.2, -0.15) is 0 Å². The lowest BCUT2D eigenvalue weighted by molar-refractivity contribution is 0.368. The van der Waals surface area contributed by atoms with Crippen LogP contribution in [0.3, 0.4) is 0 Å². The van der Waals surface area contributed by atoms with E-state index in [9.17, 15) is 17.3 Å². The van der Waals surface area contributed by atoms with Crippen LogP contribution in [0.2, 0.25) is 0 Å². The van der Waals surface area contributed by atoms with Gasteiger partial charge < -0.3 is 17.3 Å². The van der Waals surface area contributed by atoms with Crippen LogP contribution < -0.4 is 0 Å². The first kappa shape index (κ1) is 20.5. The van der Waals surface area contributed by atoms with Crippen molar-refractivity contribution in [3.63, 3.8) is 0 Å². The summed E-state index contributed by atoms with van der Waals surface area (Å²) in [5.74, 6) is 0. The maximum absolute atomic E-state index is 9.75. The van der Waals surface area contributed by atoms with Gasteiger partial charge in [-0.15, -0.1) is 7.92 Å². The van der Waals surface area contributed by atoms with Crippen molar-refractivity contribution in [2.75, 3.05) is 18.5 Å². The molecule has 0 aromatic rings. The van der Waals surface area contributed by atoms with Crippen molar-refractivity contribution in [2.24, 2.45) is 0 Å². The Labute approximate surface area is 112 Å². The van der Waals surface area contributed by atoms with Crippen LogP contribution in [-0.2, 0) is 0 Å². The van der Waals surface area contributed by atoms with E-state index in [1.54, 1.807) is 18.5 Å². The molecule has 0 heterocycles. The highest BCUT2D eigenvalue weighted by molar-refractivity contribution is 7.57. The Morgan fingerprint density at radius 1 is 0.722 bits per heavy atom. The summed E-state index contributed by atoms with van der Waals surface area (Å²) in [7, 11) is -5.58. The molecular formula is C12H28BF4P. The van der Waals surface area contributed by atoms with Gasteiger partial charge >= 0.3 is 8.68 Å². The topological polar surface area (TPSA) is 0 Å². The lowest BCUT2D eigenvalue weighted by Gasteiger charge is -2.16. The van der Waals surface area contributed by atoms with Crippen molar-refractivity contribution in [2.45, 2.75) is 59.3 Å². The first-order chi connectivity index (χ1) is 8.35. The highest BCUT2D eigenvalue weighted by Crippen LogP contribution is 2.38. The molecule has 0 aromatic heterocycles. The molecule has 0 radical (unpaired) electrons. The van der Waals surface area contributed by atoms with Gasteiger partial charge in [0.15, 0.2) is 0 Å². The summed E-state index contributed by atoms with van der Waals surface area (Å²) < 4.78 is 39.0. The molecule has 0 bridgehead atoms. The Morgan fingerprint density at radius 2 is 0.944 bits per heavy atom. The monoisotopic (exact) mass is 290 g/mol. The summed E-state index contributed by atoms with van der Waals surface area (Å²) in [5, 5.41) is 0. The van der Waals surface area contributed by atoms with Gasteiger partial charge in [-0.05, 0) is 37.7 Å². The Bertz CT molecular complexity index is 145. The van der Waals surface area contributed by atoms with E-state index in [2.05, 4.69) is 20.8 Å². The second-order valence-electron chi connectivity index (χ2n) is 4.40. The third kappa shape index (κ3) is 25.2. The molecule has 0 saturated heterocycles. The van der Waals surface area contributed by atoms with Gasteiger partial charge in [-0.25, -0.2) is 0 Å². The molecule has 0 spiro atoms. The molecular weight excluding hydrogens is 262 g/mol. The summed E-state index contributed by atoms with van der Waals surface area (Å²) in [6.07, 6.45) is 13.2. The van der Waals surface area contributed by atoms with Crippen LogP contribution in [0, 0.1) is 0 Å². The molecule has 112 valence electrons. The molecule has 0 saturated carbocycles. The lowest BCUT2D eigenvalue weighted by atomic mass is 10.3. The maximum Gasteiger partial charge on any atom is 1.00 e. The van der Waals surface area contributed by atoms with Crippen LogP contribution in [0.25, 0.3) is 0 Å². The summed E-state index contributed by atoms with van der Waals surface area (Å²) in [6, 6.07) is 0. The fourth-order valence-electron chi connectivity index (χ4n) is 1.48. The minimum absolute atomic E-state index is 0. The van der Waals surface area contributed by atoms with E-state index in [1.165, 1.54) is 38.5 Å². The van der Waals surface area contributed by atoms with Crippen molar-refractivity contribution in [3.05, 3.63) is 0 Å². The Balaban J connectivity index is -0.000000366.